The number of rotatable bonds is 5. The first kappa shape index (κ1) is 21.4. The Morgan fingerprint density at radius 1 is 1.19 bits per heavy atom. The molecule has 2 aliphatic heterocycles. The van der Waals surface area contributed by atoms with Crippen LogP contribution in [0.1, 0.15) is 61.8 Å². The predicted molar refractivity (Wildman–Crippen MR) is 117 cm³/mol. The van der Waals surface area contributed by atoms with Crippen LogP contribution in [0, 0.1) is 6.92 Å². The first-order valence-corrected chi connectivity index (χ1v) is 10.9. The van der Waals surface area contributed by atoms with E-state index in [-0.39, 0.29) is 17.9 Å². The summed E-state index contributed by atoms with van der Waals surface area (Å²) >= 11 is 0. The van der Waals surface area contributed by atoms with Gasteiger partial charge in [0.05, 0.1) is 12.6 Å². The van der Waals surface area contributed by atoms with Crippen LogP contribution in [0.25, 0.3) is 0 Å². The Morgan fingerprint density at radius 2 is 1.94 bits per heavy atom. The summed E-state index contributed by atoms with van der Waals surface area (Å²) in [6.07, 6.45) is 2.80. The van der Waals surface area contributed by atoms with Gasteiger partial charge in [-0.2, -0.15) is 0 Å². The average molecular weight is 423 g/mol. The Kier molecular flexibility index (Phi) is 5.79. The molecule has 0 saturated carbocycles. The van der Waals surface area contributed by atoms with Gasteiger partial charge in [0.1, 0.15) is 11.4 Å². The highest BCUT2D eigenvalue weighted by Crippen LogP contribution is 2.36. The lowest BCUT2D eigenvalue weighted by atomic mass is 10.0. The topological polar surface area (TPSA) is 75.6 Å². The number of ether oxygens (including phenoxy) is 1. The molecule has 0 radical (unpaired) electrons. The lowest BCUT2D eigenvalue weighted by Gasteiger charge is -2.33. The largest absolute Gasteiger partial charge is 0.369 e. The van der Waals surface area contributed by atoms with Crippen LogP contribution < -0.4 is 4.90 Å². The number of methoxy groups -OCH3 is 1. The summed E-state index contributed by atoms with van der Waals surface area (Å²) in [5.74, 6) is 1.31. The van der Waals surface area contributed by atoms with Crippen LogP contribution in [0.4, 0.5) is 5.82 Å². The van der Waals surface area contributed by atoms with Crippen molar-refractivity contribution in [3.63, 3.8) is 0 Å². The minimum Gasteiger partial charge on any atom is -0.369 e. The number of fused-ring (bicyclic) bond motifs is 1. The van der Waals surface area contributed by atoms with Crippen LogP contribution in [-0.4, -0.2) is 45.9 Å². The number of hydrogen-bond donors (Lipinski definition) is 0. The van der Waals surface area contributed by atoms with Gasteiger partial charge in [-0.15, -0.1) is 0 Å². The molecule has 2 aliphatic rings. The molecule has 1 fully saturated rings. The zero-order valence-corrected chi connectivity index (χ0v) is 18.7. The van der Waals surface area contributed by atoms with Gasteiger partial charge < -0.3 is 9.64 Å². The van der Waals surface area contributed by atoms with Crippen molar-refractivity contribution in [1.82, 2.24) is 14.9 Å². The molecule has 0 bridgehead atoms. The molecular weight excluding hydrogens is 392 g/mol. The zero-order chi connectivity index (χ0) is 22.2. The van der Waals surface area contributed by atoms with Crippen molar-refractivity contribution in [1.29, 1.82) is 0 Å². The Morgan fingerprint density at radius 3 is 2.65 bits per heavy atom. The van der Waals surface area contributed by atoms with E-state index in [1.54, 1.807) is 25.9 Å². The molecule has 3 heterocycles. The summed E-state index contributed by atoms with van der Waals surface area (Å²) in [6, 6.07) is 9.73. The van der Waals surface area contributed by atoms with E-state index in [0.717, 1.165) is 29.7 Å². The van der Waals surface area contributed by atoms with Crippen LogP contribution in [0.5, 0.6) is 0 Å². The molecule has 164 valence electrons. The molecule has 31 heavy (non-hydrogen) atoms. The second-order valence-corrected chi connectivity index (χ2v) is 8.81. The zero-order valence-electron chi connectivity index (χ0n) is 18.7. The molecule has 2 aromatic rings. The Labute approximate surface area is 183 Å². The number of aryl methyl sites for hydroxylation is 1. The quantitative estimate of drug-likeness (QED) is 0.739. The third-order valence-corrected chi connectivity index (χ3v) is 6.38. The highest BCUT2D eigenvalue weighted by Gasteiger charge is 2.40. The fourth-order valence-corrected chi connectivity index (χ4v) is 4.39. The molecule has 0 aliphatic carbocycles. The summed E-state index contributed by atoms with van der Waals surface area (Å²) in [6.45, 7) is 6.67. The van der Waals surface area contributed by atoms with E-state index in [4.69, 9.17) is 14.7 Å². The minimum atomic E-state index is -0.902. The van der Waals surface area contributed by atoms with E-state index in [9.17, 15) is 9.59 Å². The van der Waals surface area contributed by atoms with E-state index in [2.05, 4.69) is 0 Å². The van der Waals surface area contributed by atoms with Crippen LogP contribution >= 0.6 is 0 Å². The minimum absolute atomic E-state index is 0.0614. The van der Waals surface area contributed by atoms with Gasteiger partial charge >= 0.3 is 0 Å². The second kappa shape index (κ2) is 8.38. The molecular formula is C24H30N4O3. The number of hydrogen-bond acceptors (Lipinski definition) is 5. The number of carbonyl (C=O) groups excluding carboxylic acids is 2. The molecule has 0 unspecified atom stereocenters. The number of nitrogens with zero attached hydrogens (tertiary/aromatic N) is 4. The van der Waals surface area contributed by atoms with Gasteiger partial charge in [-0.05, 0) is 45.6 Å². The number of anilines is 1. The second-order valence-electron chi connectivity index (χ2n) is 8.81. The van der Waals surface area contributed by atoms with Crippen molar-refractivity contribution in [2.75, 3.05) is 18.6 Å². The SMILES string of the molecule is COC(C)(C)C(=O)N1CCC[C@@H]1c1nc(C)c2c(n1)N(Cc1ccccc1)C(=O)CC2. The van der Waals surface area contributed by atoms with Gasteiger partial charge in [-0.1, -0.05) is 30.3 Å². The van der Waals surface area contributed by atoms with E-state index >= 15 is 0 Å². The molecule has 7 nitrogen and oxygen atoms in total. The molecule has 1 atom stereocenters. The molecule has 2 amide bonds. The van der Waals surface area contributed by atoms with Crippen LogP contribution in [0.2, 0.25) is 0 Å². The maximum absolute atomic E-state index is 13.1. The Balaban J connectivity index is 1.70. The molecule has 0 spiro atoms. The molecule has 7 heteroatoms. The lowest BCUT2D eigenvalue weighted by molar-refractivity contribution is -0.152. The van der Waals surface area contributed by atoms with Crippen LogP contribution in [0.3, 0.4) is 0 Å². The number of likely N-dealkylation sites (tertiary alicyclic amines) is 1. The molecule has 1 saturated heterocycles. The molecule has 4 rings (SSSR count). The summed E-state index contributed by atoms with van der Waals surface area (Å²) in [4.78, 5) is 39.2. The van der Waals surface area contributed by atoms with E-state index in [1.807, 2.05) is 42.2 Å². The van der Waals surface area contributed by atoms with Gasteiger partial charge in [0.25, 0.3) is 5.91 Å². The van der Waals surface area contributed by atoms with Crippen molar-refractivity contribution < 1.29 is 14.3 Å². The van der Waals surface area contributed by atoms with E-state index < -0.39 is 5.60 Å². The maximum Gasteiger partial charge on any atom is 0.254 e. The molecule has 0 N–H and O–H groups in total. The summed E-state index contributed by atoms with van der Waals surface area (Å²) < 4.78 is 5.42. The third-order valence-electron chi connectivity index (χ3n) is 6.38. The Hall–Kier alpha value is -2.80. The third kappa shape index (κ3) is 4.06. The fraction of sp³-hybridized carbons (Fsp3) is 0.500. The smallest absolute Gasteiger partial charge is 0.254 e. The van der Waals surface area contributed by atoms with Gasteiger partial charge in [0, 0.05) is 31.3 Å². The first-order chi connectivity index (χ1) is 14.8. The Bertz CT molecular complexity index is 990. The van der Waals surface area contributed by atoms with Crippen LogP contribution in [-0.2, 0) is 27.3 Å². The van der Waals surface area contributed by atoms with Gasteiger partial charge in [0.2, 0.25) is 5.91 Å². The number of aromatic nitrogens is 2. The summed E-state index contributed by atoms with van der Waals surface area (Å²) in [5.41, 5.74) is 2.06. The monoisotopic (exact) mass is 422 g/mol. The summed E-state index contributed by atoms with van der Waals surface area (Å²) in [7, 11) is 1.55. The average Bonchev–Trinajstić information content (AvgIpc) is 3.25. The van der Waals surface area contributed by atoms with Crippen molar-refractivity contribution >= 4 is 17.6 Å². The fourth-order valence-electron chi connectivity index (χ4n) is 4.39. The van der Waals surface area contributed by atoms with Crippen molar-refractivity contribution in [3.05, 3.63) is 53.0 Å². The highest BCUT2D eigenvalue weighted by atomic mass is 16.5. The lowest BCUT2D eigenvalue weighted by Crippen LogP contribution is -2.46. The summed E-state index contributed by atoms with van der Waals surface area (Å²) in [5, 5.41) is 0. The van der Waals surface area contributed by atoms with Crippen LogP contribution in [0.15, 0.2) is 30.3 Å². The number of amides is 2. The van der Waals surface area contributed by atoms with Gasteiger partial charge in [-0.25, -0.2) is 9.97 Å². The van der Waals surface area contributed by atoms with Crippen molar-refractivity contribution in [2.24, 2.45) is 0 Å². The molecule has 1 aromatic carbocycles. The standard InChI is InChI=1S/C24H30N4O3/c1-16-18-12-13-20(29)28(15-17-9-6-5-7-10-17)22(18)26-21(25-16)19-11-8-14-27(19)23(30)24(2,3)31-4/h5-7,9-10,19H,8,11-15H2,1-4H3/t19-/m1/s1. The predicted octanol–water partition coefficient (Wildman–Crippen LogP) is 3.35. The first-order valence-electron chi connectivity index (χ1n) is 10.9. The van der Waals surface area contributed by atoms with Crippen molar-refractivity contribution in [2.45, 2.75) is 64.6 Å². The van der Waals surface area contributed by atoms with Gasteiger partial charge in [-0.3, -0.25) is 14.5 Å². The highest BCUT2D eigenvalue weighted by molar-refractivity contribution is 5.95. The van der Waals surface area contributed by atoms with Gasteiger partial charge in [0.15, 0.2) is 5.82 Å². The normalized spacial score (nSPS) is 19.0. The van der Waals surface area contributed by atoms with E-state index in [0.29, 0.717) is 37.6 Å². The van der Waals surface area contributed by atoms with E-state index in [1.165, 1.54) is 0 Å². The molecule has 1 aromatic heterocycles. The number of benzene rings is 1. The number of carbonyl (C=O) groups is 2. The van der Waals surface area contributed by atoms with Crippen molar-refractivity contribution in [3.8, 4) is 0 Å². The maximum atomic E-state index is 13.1.